The first-order valence-electron chi connectivity index (χ1n) is 6.24. The molecule has 0 N–H and O–H groups in total. The first kappa shape index (κ1) is 11.1. The molecule has 13 heavy (non-hydrogen) atoms. The second-order valence-corrected chi connectivity index (χ2v) is 5.15. The predicted molar refractivity (Wildman–Crippen MR) is 59.8 cm³/mol. The van der Waals surface area contributed by atoms with Crippen molar-refractivity contribution in [1.29, 1.82) is 0 Å². The van der Waals surface area contributed by atoms with Crippen LogP contribution >= 0.6 is 0 Å². The summed E-state index contributed by atoms with van der Waals surface area (Å²) < 4.78 is 0. The van der Waals surface area contributed by atoms with Crippen LogP contribution in [0.4, 0.5) is 0 Å². The Balaban J connectivity index is 2.27. The lowest BCUT2D eigenvalue weighted by Gasteiger charge is -2.28. The van der Waals surface area contributed by atoms with E-state index in [1.807, 2.05) is 0 Å². The van der Waals surface area contributed by atoms with E-state index >= 15 is 0 Å². The molecule has 0 bridgehead atoms. The maximum atomic E-state index is 2.39. The lowest BCUT2D eigenvalue weighted by molar-refractivity contribution is 0.242. The molecule has 0 heteroatoms. The third kappa shape index (κ3) is 3.70. The molecule has 1 rings (SSSR count). The van der Waals surface area contributed by atoms with Crippen LogP contribution in [0.15, 0.2) is 0 Å². The van der Waals surface area contributed by atoms with Crippen molar-refractivity contribution in [1.82, 2.24) is 0 Å². The Kier molecular flexibility index (Phi) is 4.83. The van der Waals surface area contributed by atoms with Gasteiger partial charge in [0, 0.05) is 0 Å². The summed E-state index contributed by atoms with van der Waals surface area (Å²) in [4.78, 5) is 0. The van der Waals surface area contributed by atoms with E-state index in [0.29, 0.717) is 0 Å². The van der Waals surface area contributed by atoms with Crippen molar-refractivity contribution in [3.8, 4) is 0 Å². The topological polar surface area (TPSA) is 0 Å². The quantitative estimate of drug-likeness (QED) is 0.594. The monoisotopic (exact) mass is 182 g/mol. The van der Waals surface area contributed by atoms with Gasteiger partial charge in [-0.05, 0) is 24.2 Å². The molecule has 0 aromatic heterocycles. The highest BCUT2D eigenvalue weighted by molar-refractivity contribution is 4.71. The highest BCUT2D eigenvalue weighted by Crippen LogP contribution is 2.32. The highest BCUT2D eigenvalue weighted by atomic mass is 14.2. The fourth-order valence-corrected chi connectivity index (χ4v) is 2.76. The number of rotatable bonds is 4. The lowest BCUT2D eigenvalue weighted by atomic mass is 9.78. The Morgan fingerprint density at radius 2 is 1.69 bits per heavy atom. The first-order valence-corrected chi connectivity index (χ1v) is 6.24. The van der Waals surface area contributed by atoms with Gasteiger partial charge in [0.15, 0.2) is 0 Å². The zero-order chi connectivity index (χ0) is 9.68. The maximum absolute atomic E-state index is 2.39. The summed E-state index contributed by atoms with van der Waals surface area (Å²) in [5.41, 5.74) is 0. The van der Waals surface area contributed by atoms with Gasteiger partial charge in [0.2, 0.25) is 0 Å². The second-order valence-electron chi connectivity index (χ2n) is 5.15. The molecule has 0 aromatic carbocycles. The van der Waals surface area contributed by atoms with Gasteiger partial charge in [0.05, 0.1) is 0 Å². The molecule has 0 radical (unpaired) electrons. The standard InChI is InChI=1S/C13H26/c1-4-13(11(2)3)10-12-8-6-5-7-9-12/h11-13H,4-10H2,1-3H3. The third-order valence-corrected chi connectivity index (χ3v) is 3.83. The largest absolute Gasteiger partial charge is 0.0651 e. The van der Waals surface area contributed by atoms with Crippen LogP contribution in [0.25, 0.3) is 0 Å². The van der Waals surface area contributed by atoms with Crippen LogP contribution in [0.2, 0.25) is 0 Å². The maximum Gasteiger partial charge on any atom is -0.0391 e. The fraction of sp³-hybridized carbons (Fsp3) is 1.00. The molecule has 0 saturated heterocycles. The van der Waals surface area contributed by atoms with Gasteiger partial charge in [0.25, 0.3) is 0 Å². The van der Waals surface area contributed by atoms with Gasteiger partial charge in [-0.1, -0.05) is 59.3 Å². The van der Waals surface area contributed by atoms with Crippen LogP contribution in [-0.4, -0.2) is 0 Å². The van der Waals surface area contributed by atoms with Crippen molar-refractivity contribution in [3.05, 3.63) is 0 Å². The van der Waals surface area contributed by atoms with E-state index in [2.05, 4.69) is 20.8 Å². The smallest absolute Gasteiger partial charge is 0.0391 e. The van der Waals surface area contributed by atoms with Gasteiger partial charge < -0.3 is 0 Å². The predicted octanol–water partition coefficient (Wildman–Crippen LogP) is 4.64. The molecular weight excluding hydrogens is 156 g/mol. The molecular formula is C13H26. The van der Waals surface area contributed by atoms with Crippen LogP contribution in [0.5, 0.6) is 0 Å². The molecule has 0 aliphatic heterocycles. The third-order valence-electron chi connectivity index (χ3n) is 3.83. The minimum Gasteiger partial charge on any atom is -0.0651 e. The van der Waals surface area contributed by atoms with Gasteiger partial charge in [-0.15, -0.1) is 0 Å². The molecule has 1 atom stereocenters. The average Bonchev–Trinajstić information content (AvgIpc) is 2.15. The van der Waals surface area contributed by atoms with E-state index in [0.717, 1.165) is 17.8 Å². The molecule has 1 aliphatic carbocycles. The Hall–Kier alpha value is 0. The van der Waals surface area contributed by atoms with Crippen LogP contribution in [0, 0.1) is 17.8 Å². The lowest BCUT2D eigenvalue weighted by Crippen LogP contribution is -2.15. The Morgan fingerprint density at radius 1 is 1.08 bits per heavy atom. The molecule has 78 valence electrons. The molecule has 0 amide bonds. The molecule has 0 heterocycles. The summed E-state index contributed by atoms with van der Waals surface area (Å²) in [7, 11) is 0. The van der Waals surface area contributed by atoms with Crippen molar-refractivity contribution in [2.45, 2.75) is 65.7 Å². The first-order chi connectivity index (χ1) is 6.24. The van der Waals surface area contributed by atoms with Crippen LogP contribution in [0.3, 0.4) is 0 Å². The minimum atomic E-state index is 0.895. The Labute approximate surface area is 84.1 Å². The van der Waals surface area contributed by atoms with Gasteiger partial charge in [-0.25, -0.2) is 0 Å². The van der Waals surface area contributed by atoms with E-state index in [1.54, 1.807) is 0 Å². The van der Waals surface area contributed by atoms with Crippen LogP contribution < -0.4 is 0 Å². The van der Waals surface area contributed by atoms with Crippen LogP contribution in [-0.2, 0) is 0 Å². The molecule has 0 aromatic rings. The van der Waals surface area contributed by atoms with Crippen molar-refractivity contribution in [2.75, 3.05) is 0 Å². The van der Waals surface area contributed by atoms with Crippen molar-refractivity contribution >= 4 is 0 Å². The zero-order valence-electron chi connectivity index (χ0n) is 9.68. The summed E-state index contributed by atoms with van der Waals surface area (Å²) in [6, 6.07) is 0. The van der Waals surface area contributed by atoms with E-state index in [-0.39, 0.29) is 0 Å². The summed E-state index contributed by atoms with van der Waals surface area (Å²) in [6.45, 7) is 7.13. The van der Waals surface area contributed by atoms with Gasteiger partial charge >= 0.3 is 0 Å². The average molecular weight is 182 g/mol. The SMILES string of the molecule is CCC(CC1CCCCC1)C(C)C. The zero-order valence-corrected chi connectivity index (χ0v) is 9.68. The van der Waals surface area contributed by atoms with E-state index in [9.17, 15) is 0 Å². The molecule has 0 spiro atoms. The normalized spacial score (nSPS) is 22.2. The molecule has 1 fully saturated rings. The Morgan fingerprint density at radius 3 is 2.15 bits per heavy atom. The summed E-state index contributed by atoms with van der Waals surface area (Å²) in [5, 5.41) is 0. The molecule has 0 nitrogen and oxygen atoms in total. The van der Waals surface area contributed by atoms with E-state index in [4.69, 9.17) is 0 Å². The summed E-state index contributed by atoms with van der Waals surface area (Å²) >= 11 is 0. The number of hydrogen-bond acceptors (Lipinski definition) is 0. The van der Waals surface area contributed by atoms with Gasteiger partial charge in [-0.2, -0.15) is 0 Å². The minimum absolute atomic E-state index is 0.895. The van der Waals surface area contributed by atoms with Crippen LogP contribution in [0.1, 0.15) is 65.7 Å². The van der Waals surface area contributed by atoms with Gasteiger partial charge in [0.1, 0.15) is 0 Å². The van der Waals surface area contributed by atoms with E-state index < -0.39 is 0 Å². The van der Waals surface area contributed by atoms with Crippen molar-refractivity contribution in [2.24, 2.45) is 17.8 Å². The highest BCUT2D eigenvalue weighted by Gasteiger charge is 2.19. The number of hydrogen-bond donors (Lipinski definition) is 0. The second kappa shape index (κ2) is 5.67. The Bertz CT molecular complexity index is 120. The van der Waals surface area contributed by atoms with Crippen molar-refractivity contribution < 1.29 is 0 Å². The van der Waals surface area contributed by atoms with Gasteiger partial charge in [-0.3, -0.25) is 0 Å². The summed E-state index contributed by atoms with van der Waals surface area (Å²) in [6.07, 6.45) is 10.4. The molecule has 1 aliphatic rings. The van der Waals surface area contributed by atoms with E-state index in [1.165, 1.54) is 44.9 Å². The molecule has 1 unspecified atom stereocenters. The summed E-state index contributed by atoms with van der Waals surface area (Å²) in [5.74, 6) is 2.95. The van der Waals surface area contributed by atoms with Crippen molar-refractivity contribution in [3.63, 3.8) is 0 Å². The molecule has 1 saturated carbocycles. The fourth-order valence-electron chi connectivity index (χ4n) is 2.76.